The van der Waals surface area contributed by atoms with Gasteiger partial charge >= 0.3 is 0 Å². The van der Waals surface area contributed by atoms with E-state index in [1.807, 2.05) is 24.4 Å². The molecule has 0 bridgehead atoms. The van der Waals surface area contributed by atoms with Crippen molar-refractivity contribution >= 4 is 17.0 Å². The number of β-amino-alcohol motifs (C(OH)–C–C–N with tert-alkyl or cyclic N) is 1. The SMILES string of the molecule is Nc1c(NCCN2CCN(CCO)CC2)nn2ccccc12. The Morgan fingerprint density at radius 1 is 1.14 bits per heavy atom. The van der Waals surface area contributed by atoms with Crippen LogP contribution in [0.5, 0.6) is 0 Å². The summed E-state index contributed by atoms with van der Waals surface area (Å²) >= 11 is 0. The van der Waals surface area contributed by atoms with Crippen molar-refractivity contribution in [3.8, 4) is 0 Å². The van der Waals surface area contributed by atoms with Gasteiger partial charge in [-0.05, 0) is 12.1 Å². The van der Waals surface area contributed by atoms with E-state index in [0.29, 0.717) is 5.69 Å². The number of fused-ring (bicyclic) bond motifs is 1. The lowest BCUT2D eigenvalue weighted by Crippen LogP contribution is -2.48. The van der Waals surface area contributed by atoms with E-state index in [9.17, 15) is 0 Å². The maximum atomic E-state index is 8.95. The molecule has 7 heteroatoms. The van der Waals surface area contributed by atoms with Crippen molar-refractivity contribution in [2.45, 2.75) is 0 Å². The van der Waals surface area contributed by atoms with E-state index in [-0.39, 0.29) is 6.61 Å². The quantitative estimate of drug-likeness (QED) is 0.693. The minimum absolute atomic E-state index is 0.245. The fourth-order valence-electron chi connectivity index (χ4n) is 2.86. The van der Waals surface area contributed by atoms with Crippen LogP contribution in [0, 0.1) is 0 Å². The highest BCUT2D eigenvalue weighted by molar-refractivity contribution is 5.80. The van der Waals surface area contributed by atoms with Crippen LogP contribution in [0.4, 0.5) is 11.5 Å². The topological polar surface area (TPSA) is 82.1 Å². The first kappa shape index (κ1) is 15.1. The predicted molar refractivity (Wildman–Crippen MR) is 88.1 cm³/mol. The first-order chi connectivity index (χ1) is 10.8. The van der Waals surface area contributed by atoms with Crippen molar-refractivity contribution in [3.63, 3.8) is 0 Å². The van der Waals surface area contributed by atoms with Crippen LogP contribution in [0.15, 0.2) is 24.4 Å². The number of nitrogen functional groups attached to an aromatic ring is 1. The number of nitrogens with two attached hydrogens (primary N) is 1. The van der Waals surface area contributed by atoms with Gasteiger partial charge in [0.25, 0.3) is 0 Å². The number of nitrogens with zero attached hydrogens (tertiary/aromatic N) is 4. The normalized spacial score (nSPS) is 17.1. The van der Waals surface area contributed by atoms with Gasteiger partial charge in [0.15, 0.2) is 5.82 Å². The van der Waals surface area contributed by atoms with Crippen molar-refractivity contribution in [3.05, 3.63) is 24.4 Å². The second-order valence-electron chi connectivity index (χ2n) is 5.63. The molecule has 0 radical (unpaired) electrons. The zero-order valence-corrected chi connectivity index (χ0v) is 12.8. The number of hydrogen-bond acceptors (Lipinski definition) is 6. The highest BCUT2D eigenvalue weighted by Gasteiger charge is 2.16. The van der Waals surface area contributed by atoms with Gasteiger partial charge < -0.3 is 16.2 Å². The molecule has 7 nitrogen and oxygen atoms in total. The molecule has 3 rings (SSSR count). The molecule has 0 aliphatic carbocycles. The molecule has 0 amide bonds. The Bertz CT molecular complexity index is 605. The molecule has 0 aromatic carbocycles. The monoisotopic (exact) mass is 304 g/mol. The summed E-state index contributed by atoms with van der Waals surface area (Å²) in [5.41, 5.74) is 7.76. The first-order valence-corrected chi connectivity index (χ1v) is 7.80. The number of aliphatic hydroxyl groups excluding tert-OH is 1. The van der Waals surface area contributed by atoms with Crippen molar-refractivity contribution in [1.82, 2.24) is 19.4 Å². The van der Waals surface area contributed by atoms with E-state index in [1.165, 1.54) is 0 Å². The van der Waals surface area contributed by atoms with Crippen LogP contribution in [0.1, 0.15) is 0 Å². The van der Waals surface area contributed by atoms with Crippen LogP contribution in [0.25, 0.3) is 5.52 Å². The lowest BCUT2D eigenvalue weighted by atomic mass is 10.3. The van der Waals surface area contributed by atoms with Gasteiger partial charge in [-0.25, -0.2) is 4.52 Å². The minimum atomic E-state index is 0.245. The summed E-state index contributed by atoms with van der Waals surface area (Å²) in [6.07, 6.45) is 1.90. The zero-order valence-electron chi connectivity index (χ0n) is 12.8. The Kier molecular flexibility index (Phi) is 4.77. The largest absolute Gasteiger partial charge is 0.395 e. The highest BCUT2D eigenvalue weighted by atomic mass is 16.3. The van der Waals surface area contributed by atoms with Gasteiger partial charge in [0.2, 0.25) is 0 Å². The number of anilines is 2. The fourth-order valence-corrected chi connectivity index (χ4v) is 2.86. The number of pyridine rings is 1. The molecule has 0 spiro atoms. The number of aromatic nitrogens is 2. The molecule has 2 aromatic heterocycles. The van der Waals surface area contributed by atoms with Gasteiger partial charge in [0, 0.05) is 52.0 Å². The van der Waals surface area contributed by atoms with E-state index >= 15 is 0 Å². The number of aliphatic hydroxyl groups is 1. The molecule has 1 fully saturated rings. The number of nitrogens with one attached hydrogen (secondary N) is 1. The van der Waals surface area contributed by atoms with Gasteiger partial charge in [-0.3, -0.25) is 9.80 Å². The van der Waals surface area contributed by atoms with Gasteiger partial charge in [0.1, 0.15) is 5.69 Å². The summed E-state index contributed by atoms with van der Waals surface area (Å²) in [6.45, 7) is 6.96. The Balaban J connectivity index is 1.48. The minimum Gasteiger partial charge on any atom is -0.395 e. The average molecular weight is 304 g/mol. The Labute approximate surface area is 130 Å². The molecule has 1 saturated heterocycles. The third-order valence-corrected chi connectivity index (χ3v) is 4.18. The molecule has 4 N–H and O–H groups in total. The molecule has 1 aliphatic rings. The van der Waals surface area contributed by atoms with Crippen LogP contribution in [0.2, 0.25) is 0 Å². The smallest absolute Gasteiger partial charge is 0.172 e. The molecule has 22 heavy (non-hydrogen) atoms. The van der Waals surface area contributed by atoms with E-state index in [2.05, 4.69) is 20.2 Å². The molecule has 120 valence electrons. The second-order valence-corrected chi connectivity index (χ2v) is 5.63. The third-order valence-electron chi connectivity index (χ3n) is 4.18. The number of piperazine rings is 1. The molecule has 0 unspecified atom stereocenters. The Hall–Kier alpha value is -1.83. The molecule has 3 heterocycles. The lowest BCUT2D eigenvalue weighted by molar-refractivity contribution is 0.115. The zero-order chi connectivity index (χ0) is 15.4. The van der Waals surface area contributed by atoms with Crippen molar-refractivity contribution < 1.29 is 5.11 Å². The van der Waals surface area contributed by atoms with Crippen LogP contribution < -0.4 is 11.1 Å². The summed E-state index contributed by atoms with van der Waals surface area (Å²) < 4.78 is 1.80. The Morgan fingerprint density at radius 2 is 1.86 bits per heavy atom. The van der Waals surface area contributed by atoms with Crippen molar-refractivity contribution in [1.29, 1.82) is 0 Å². The van der Waals surface area contributed by atoms with Crippen LogP contribution in [0.3, 0.4) is 0 Å². The first-order valence-electron chi connectivity index (χ1n) is 7.80. The van der Waals surface area contributed by atoms with Gasteiger partial charge in [-0.15, -0.1) is 5.10 Å². The molecule has 1 aliphatic heterocycles. The maximum absolute atomic E-state index is 8.95. The van der Waals surface area contributed by atoms with Gasteiger partial charge in [-0.1, -0.05) is 6.07 Å². The fraction of sp³-hybridized carbons (Fsp3) is 0.533. The van der Waals surface area contributed by atoms with E-state index < -0.39 is 0 Å². The Morgan fingerprint density at radius 3 is 2.55 bits per heavy atom. The summed E-state index contributed by atoms with van der Waals surface area (Å²) in [6, 6.07) is 5.87. The summed E-state index contributed by atoms with van der Waals surface area (Å²) in [7, 11) is 0. The third kappa shape index (κ3) is 3.32. The lowest BCUT2D eigenvalue weighted by Gasteiger charge is -2.34. The average Bonchev–Trinajstić information content (AvgIpc) is 2.86. The predicted octanol–water partition coefficient (Wildman–Crippen LogP) is -0.0617. The van der Waals surface area contributed by atoms with E-state index in [4.69, 9.17) is 10.8 Å². The van der Waals surface area contributed by atoms with Gasteiger partial charge in [-0.2, -0.15) is 0 Å². The van der Waals surface area contributed by atoms with Gasteiger partial charge in [0.05, 0.1) is 12.1 Å². The number of hydrogen-bond donors (Lipinski definition) is 3. The molecule has 2 aromatic rings. The van der Waals surface area contributed by atoms with E-state index in [1.54, 1.807) is 4.52 Å². The van der Waals surface area contributed by atoms with Crippen LogP contribution in [-0.4, -0.2) is 76.9 Å². The van der Waals surface area contributed by atoms with Crippen LogP contribution in [-0.2, 0) is 0 Å². The number of rotatable bonds is 6. The second kappa shape index (κ2) is 6.95. The molecule has 0 atom stereocenters. The summed E-state index contributed by atoms with van der Waals surface area (Å²) in [5.74, 6) is 0.755. The summed E-state index contributed by atoms with van der Waals surface area (Å²) in [4.78, 5) is 4.72. The van der Waals surface area contributed by atoms with Crippen molar-refractivity contribution in [2.24, 2.45) is 0 Å². The van der Waals surface area contributed by atoms with Crippen LogP contribution >= 0.6 is 0 Å². The standard InChI is InChI=1S/C15H24N6O/c16-14-13-3-1-2-5-21(13)18-15(14)17-4-6-19-7-9-20(10-8-19)11-12-22/h1-3,5,22H,4,6-12,16H2,(H,17,18). The molecular weight excluding hydrogens is 280 g/mol. The van der Waals surface area contributed by atoms with Crippen molar-refractivity contribution in [2.75, 3.05) is 63.5 Å². The molecular formula is C15H24N6O. The molecule has 0 saturated carbocycles. The van der Waals surface area contributed by atoms with E-state index in [0.717, 1.165) is 57.1 Å². The maximum Gasteiger partial charge on any atom is 0.172 e. The highest BCUT2D eigenvalue weighted by Crippen LogP contribution is 2.22. The summed E-state index contributed by atoms with van der Waals surface area (Å²) in [5, 5.41) is 16.7.